The highest BCUT2D eigenvalue weighted by Gasteiger charge is 2.34. The number of aromatic nitrogens is 1. The summed E-state index contributed by atoms with van der Waals surface area (Å²) in [5.74, 6) is 0.699. The maximum absolute atomic E-state index is 12.7. The average molecular weight is 578 g/mol. The van der Waals surface area contributed by atoms with Crippen LogP contribution in [0.25, 0.3) is 0 Å². The van der Waals surface area contributed by atoms with Crippen LogP contribution in [0.15, 0.2) is 29.5 Å². The van der Waals surface area contributed by atoms with Gasteiger partial charge in [0.05, 0.1) is 13.2 Å². The molecule has 9 nitrogen and oxygen atoms in total. The Balaban J connectivity index is 0.00000544. The minimum absolute atomic E-state index is 0. The van der Waals surface area contributed by atoms with Crippen LogP contribution in [0.1, 0.15) is 45.6 Å². The second kappa shape index (κ2) is 14.6. The molecule has 1 aliphatic rings. The lowest BCUT2D eigenvalue weighted by molar-refractivity contribution is 0.0232. The molecule has 0 aliphatic carbocycles. The molecule has 2 rings (SSSR count). The summed E-state index contributed by atoms with van der Waals surface area (Å²) in [6, 6.07) is 3.81. The SMILES string of the molecule is CN=C(NCCCN(Cc1cccnc1)C(=O)OC(C)(C)C)NCC1(CCO)CCOC1.I. The Morgan fingerprint density at radius 1 is 1.39 bits per heavy atom. The highest BCUT2D eigenvalue weighted by Crippen LogP contribution is 2.31. The number of aliphatic hydroxyl groups excluding tert-OH is 1. The van der Waals surface area contributed by atoms with E-state index in [0.717, 1.165) is 25.0 Å². The molecule has 1 amide bonds. The van der Waals surface area contributed by atoms with Gasteiger partial charge in [0, 0.05) is 57.7 Å². The van der Waals surface area contributed by atoms with Crippen LogP contribution < -0.4 is 10.6 Å². The van der Waals surface area contributed by atoms with Gasteiger partial charge in [-0.3, -0.25) is 9.98 Å². The molecule has 1 aromatic rings. The summed E-state index contributed by atoms with van der Waals surface area (Å²) in [5.41, 5.74) is 0.351. The molecule has 0 bridgehead atoms. The van der Waals surface area contributed by atoms with Crippen molar-refractivity contribution in [3.8, 4) is 0 Å². The van der Waals surface area contributed by atoms with Crippen molar-refractivity contribution in [2.24, 2.45) is 10.4 Å². The van der Waals surface area contributed by atoms with Gasteiger partial charge >= 0.3 is 6.09 Å². The van der Waals surface area contributed by atoms with Gasteiger partial charge in [-0.2, -0.15) is 0 Å². The van der Waals surface area contributed by atoms with Crippen molar-refractivity contribution in [3.05, 3.63) is 30.1 Å². The van der Waals surface area contributed by atoms with Gasteiger partial charge in [0.25, 0.3) is 0 Å². The number of halogens is 1. The number of aliphatic imine (C=N–C) groups is 1. The van der Waals surface area contributed by atoms with Crippen LogP contribution >= 0.6 is 24.0 Å². The summed E-state index contributed by atoms with van der Waals surface area (Å²) in [5, 5.41) is 16.0. The van der Waals surface area contributed by atoms with Gasteiger partial charge in [-0.1, -0.05) is 6.07 Å². The van der Waals surface area contributed by atoms with Crippen molar-refractivity contribution in [3.63, 3.8) is 0 Å². The van der Waals surface area contributed by atoms with E-state index in [1.807, 2.05) is 32.9 Å². The Morgan fingerprint density at radius 3 is 2.76 bits per heavy atom. The number of rotatable bonds is 10. The molecule has 10 heteroatoms. The lowest BCUT2D eigenvalue weighted by atomic mass is 9.84. The number of carbonyl (C=O) groups is 1. The molecular weight excluding hydrogens is 537 g/mol. The third-order valence-corrected chi connectivity index (χ3v) is 5.33. The summed E-state index contributed by atoms with van der Waals surface area (Å²) in [7, 11) is 1.73. The molecular formula is C23H40IN5O4. The van der Waals surface area contributed by atoms with Crippen LogP contribution in [-0.2, 0) is 16.0 Å². The van der Waals surface area contributed by atoms with Crippen LogP contribution in [0.5, 0.6) is 0 Å². The molecule has 188 valence electrons. The van der Waals surface area contributed by atoms with Crippen molar-refractivity contribution in [2.45, 2.75) is 52.2 Å². The number of guanidine groups is 1. The van der Waals surface area contributed by atoms with Crippen molar-refractivity contribution < 1.29 is 19.4 Å². The Hall–Kier alpha value is -1.66. The van der Waals surface area contributed by atoms with Gasteiger partial charge in [-0.05, 0) is 51.7 Å². The van der Waals surface area contributed by atoms with E-state index in [4.69, 9.17) is 9.47 Å². The Bertz CT molecular complexity index is 721. The number of nitrogens with zero attached hydrogens (tertiary/aromatic N) is 3. The quantitative estimate of drug-likeness (QED) is 0.170. The topological polar surface area (TPSA) is 108 Å². The molecule has 1 atom stereocenters. The van der Waals surface area contributed by atoms with Gasteiger partial charge in [0.1, 0.15) is 5.60 Å². The molecule has 1 aromatic heterocycles. The number of hydrogen-bond donors (Lipinski definition) is 3. The average Bonchev–Trinajstić information content (AvgIpc) is 3.21. The maximum atomic E-state index is 12.7. The summed E-state index contributed by atoms with van der Waals surface area (Å²) in [4.78, 5) is 22.8. The molecule has 3 N–H and O–H groups in total. The monoisotopic (exact) mass is 577 g/mol. The number of aliphatic hydroxyl groups is 1. The zero-order chi connectivity index (χ0) is 23.5. The smallest absolute Gasteiger partial charge is 0.410 e. The Labute approximate surface area is 214 Å². The lowest BCUT2D eigenvalue weighted by Gasteiger charge is -2.28. The third kappa shape index (κ3) is 10.9. The fourth-order valence-corrected chi connectivity index (χ4v) is 3.55. The Morgan fingerprint density at radius 2 is 2.18 bits per heavy atom. The maximum Gasteiger partial charge on any atom is 0.410 e. The number of hydrogen-bond acceptors (Lipinski definition) is 6. The van der Waals surface area contributed by atoms with Crippen LogP contribution in [0, 0.1) is 5.41 Å². The highest BCUT2D eigenvalue weighted by atomic mass is 127. The van der Waals surface area contributed by atoms with E-state index in [-0.39, 0.29) is 42.1 Å². The van der Waals surface area contributed by atoms with Gasteiger partial charge < -0.3 is 30.1 Å². The fourth-order valence-electron chi connectivity index (χ4n) is 3.55. The number of carbonyl (C=O) groups excluding carboxylic acids is 1. The standard InChI is InChI=1S/C23H39N5O4.HI/c1-22(2,3)32-21(30)28(16-19-7-5-10-25-15-19)12-6-11-26-20(24-4)27-17-23(8-13-29)9-14-31-18-23;/h5,7,10,15,29H,6,8-9,11-14,16-18H2,1-4H3,(H2,24,26,27);1H. The predicted octanol–water partition coefficient (Wildman–Crippen LogP) is 2.78. The second-order valence-electron chi connectivity index (χ2n) is 9.25. The first-order chi connectivity index (χ1) is 15.3. The zero-order valence-electron chi connectivity index (χ0n) is 20.3. The first-order valence-corrected chi connectivity index (χ1v) is 11.3. The molecule has 1 aliphatic heterocycles. The zero-order valence-corrected chi connectivity index (χ0v) is 22.6. The lowest BCUT2D eigenvalue weighted by Crippen LogP contribution is -2.45. The Kier molecular flexibility index (Phi) is 13.0. The number of ether oxygens (including phenoxy) is 2. The van der Waals surface area contributed by atoms with Crippen LogP contribution in [0.2, 0.25) is 0 Å². The van der Waals surface area contributed by atoms with Crippen LogP contribution in [0.4, 0.5) is 4.79 Å². The molecule has 0 aromatic carbocycles. The van der Waals surface area contributed by atoms with Crippen molar-refractivity contribution in [1.29, 1.82) is 0 Å². The molecule has 0 spiro atoms. The van der Waals surface area contributed by atoms with Gasteiger partial charge in [0.2, 0.25) is 0 Å². The fraction of sp³-hybridized carbons (Fsp3) is 0.696. The van der Waals surface area contributed by atoms with Crippen molar-refractivity contribution in [2.75, 3.05) is 46.5 Å². The molecule has 1 saturated heterocycles. The van der Waals surface area contributed by atoms with E-state index in [1.165, 1.54) is 0 Å². The van der Waals surface area contributed by atoms with Crippen LogP contribution in [-0.4, -0.2) is 79.1 Å². The molecule has 0 radical (unpaired) electrons. The molecule has 0 saturated carbocycles. The normalized spacial score (nSPS) is 18.4. The second-order valence-corrected chi connectivity index (χ2v) is 9.25. The summed E-state index contributed by atoms with van der Waals surface area (Å²) < 4.78 is 11.1. The highest BCUT2D eigenvalue weighted by molar-refractivity contribution is 14.0. The largest absolute Gasteiger partial charge is 0.444 e. The van der Waals surface area contributed by atoms with E-state index in [2.05, 4.69) is 20.6 Å². The van der Waals surface area contributed by atoms with Gasteiger partial charge in [0.15, 0.2) is 5.96 Å². The predicted molar refractivity (Wildman–Crippen MR) is 140 cm³/mol. The molecule has 1 fully saturated rings. The van der Waals surface area contributed by atoms with Gasteiger partial charge in [-0.15, -0.1) is 24.0 Å². The number of pyridine rings is 1. The summed E-state index contributed by atoms with van der Waals surface area (Å²) in [6.07, 6.45) is 5.50. The summed E-state index contributed by atoms with van der Waals surface area (Å²) in [6.45, 7) is 9.44. The first kappa shape index (κ1) is 29.4. The number of amides is 1. The third-order valence-electron chi connectivity index (χ3n) is 5.33. The van der Waals surface area contributed by atoms with E-state index < -0.39 is 5.60 Å². The minimum Gasteiger partial charge on any atom is -0.444 e. The van der Waals surface area contributed by atoms with Crippen molar-refractivity contribution >= 4 is 36.0 Å². The van der Waals surface area contributed by atoms with Crippen molar-refractivity contribution in [1.82, 2.24) is 20.5 Å². The first-order valence-electron chi connectivity index (χ1n) is 11.3. The van der Waals surface area contributed by atoms with E-state index in [0.29, 0.717) is 45.2 Å². The van der Waals surface area contributed by atoms with E-state index in [1.54, 1.807) is 24.3 Å². The minimum atomic E-state index is -0.553. The van der Waals surface area contributed by atoms with E-state index in [9.17, 15) is 9.90 Å². The van der Waals surface area contributed by atoms with Gasteiger partial charge in [-0.25, -0.2) is 4.79 Å². The number of nitrogens with one attached hydrogen (secondary N) is 2. The van der Waals surface area contributed by atoms with E-state index >= 15 is 0 Å². The molecule has 33 heavy (non-hydrogen) atoms. The van der Waals surface area contributed by atoms with Crippen LogP contribution in [0.3, 0.4) is 0 Å². The molecule has 2 heterocycles. The summed E-state index contributed by atoms with van der Waals surface area (Å²) >= 11 is 0. The molecule has 1 unspecified atom stereocenters.